The molecule has 0 amide bonds. The zero-order valence-corrected chi connectivity index (χ0v) is 11.3. The van der Waals surface area contributed by atoms with E-state index in [0.717, 1.165) is 37.8 Å². The Balaban J connectivity index is 2.02. The van der Waals surface area contributed by atoms with E-state index in [1.165, 1.54) is 0 Å². The number of pyridine rings is 1. The van der Waals surface area contributed by atoms with Gasteiger partial charge in [-0.3, -0.25) is 4.98 Å². The highest BCUT2D eigenvalue weighted by Gasteiger charge is 2.33. The van der Waals surface area contributed by atoms with Gasteiger partial charge in [-0.2, -0.15) is 13.1 Å². The van der Waals surface area contributed by atoms with Gasteiger partial charge in [0, 0.05) is 30.9 Å². The number of nitrogens with one attached hydrogen (secondary N) is 1. The molecule has 0 aromatic carbocycles. The number of hydrogen-bond acceptors (Lipinski definition) is 4. The third-order valence-corrected chi connectivity index (χ3v) is 4.40. The number of amidine groups is 1. The average molecular weight is 280 g/mol. The summed E-state index contributed by atoms with van der Waals surface area (Å²) in [6.45, 7) is 0.820. The molecule has 3 heterocycles. The zero-order valence-electron chi connectivity index (χ0n) is 10.5. The van der Waals surface area contributed by atoms with Crippen LogP contribution >= 0.6 is 0 Å². The lowest BCUT2D eigenvalue weighted by atomic mass is 10.2. The Kier molecular flexibility index (Phi) is 3.24. The Morgan fingerprint density at radius 2 is 2.21 bits per heavy atom. The van der Waals surface area contributed by atoms with Crippen LogP contribution in [-0.4, -0.2) is 30.7 Å². The Hall–Kier alpha value is -1.47. The Morgan fingerprint density at radius 3 is 3.00 bits per heavy atom. The van der Waals surface area contributed by atoms with Crippen molar-refractivity contribution in [2.75, 3.05) is 6.54 Å². The first-order chi connectivity index (χ1) is 9.16. The lowest BCUT2D eigenvalue weighted by Crippen LogP contribution is -2.48. The number of aromatic nitrogens is 1. The molecule has 0 bridgehead atoms. The summed E-state index contributed by atoms with van der Waals surface area (Å²) in [5, 5.41) is 0. The van der Waals surface area contributed by atoms with E-state index in [2.05, 4.69) is 14.1 Å². The van der Waals surface area contributed by atoms with Crippen LogP contribution in [0.15, 0.2) is 28.9 Å². The summed E-state index contributed by atoms with van der Waals surface area (Å²) in [4.78, 5) is 6.11. The molecular weight excluding hydrogens is 264 g/mol. The Bertz CT molecular complexity index is 585. The van der Waals surface area contributed by atoms with Crippen LogP contribution in [0.2, 0.25) is 0 Å². The largest absolute Gasteiger partial charge is 0.339 e. The minimum atomic E-state index is -3.60. The molecule has 3 rings (SSSR count). The fourth-order valence-electron chi connectivity index (χ4n) is 2.55. The van der Waals surface area contributed by atoms with Crippen LogP contribution < -0.4 is 4.72 Å². The average Bonchev–Trinajstić information content (AvgIpc) is 2.63. The molecule has 1 saturated heterocycles. The van der Waals surface area contributed by atoms with E-state index in [1.807, 2.05) is 17.0 Å². The van der Waals surface area contributed by atoms with Crippen LogP contribution in [0.5, 0.6) is 0 Å². The fraction of sp³-hybridized carbons (Fsp3) is 0.500. The topological polar surface area (TPSA) is 74.7 Å². The SMILES string of the molecule is O=S1(=O)N=C2CCCCCN2C(c2cccnc2)N1. The van der Waals surface area contributed by atoms with Gasteiger partial charge >= 0.3 is 10.2 Å². The third kappa shape index (κ3) is 2.62. The van der Waals surface area contributed by atoms with Gasteiger partial charge in [0.15, 0.2) is 0 Å². The fourth-order valence-corrected chi connectivity index (χ4v) is 3.62. The highest BCUT2D eigenvalue weighted by molar-refractivity contribution is 7.88. The van der Waals surface area contributed by atoms with Crippen molar-refractivity contribution in [1.29, 1.82) is 0 Å². The van der Waals surface area contributed by atoms with Crippen LogP contribution in [0.1, 0.15) is 37.4 Å². The van der Waals surface area contributed by atoms with Crippen molar-refractivity contribution in [3.05, 3.63) is 30.1 Å². The van der Waals surface area contributed by atoms with Crippen LogP contribution in [0.3, 0.4) is 0 Å². The molecule has 1 aromatic rings. The van der Waals surface area contributed by atoms with Gasteiger partial charge in [0.1, 0.15) is 12.0 Å². The van der Waals surface area contributed by atoms with E-state index in [1.54, 1.807) is 12.4 Å². The van der Waals surface area contributed by atoms with E-state index in [-0.39, 0.29) is 6.17 Å². The highest BCUT2D eigenvalue weighted by Crippen LogP contribution is 2.27. The molecule has 19 heavy (non-hydrogen) atoms. The van der Waals surface area contributed by atoms with Crippen molar-refractivity contribution >= 4 is 16.0 Å². The molecule has 1 aromatic heterocycles. The van der Waals surface area contributed by atoms with Gasteiger partial charge in [-0.25, -0.2) is 0 Å². The summed E-state index contributed by atoms with van der Waals surface area (Å²) in [6.07, 6.45) is 6.86. The minimum Gasteiger partial charge on any atom is -0.339 e. The number of nitrogens with zero attached hydrogens (tertiary/aromatic N) is 3. The molecule has 1 atom stereocenters. The van der Waals surface area contributed by atoms with E-state index >= 15 is 0 Å². The molecular formula is C12H16N4O2S. The highest BCUT2D eigenvalue weighted by atomic mass is 32.2. The smallest absolute Gasteiger partial charge is 0.323 e. The molecule has 0 saturated carbocycles. The van der Waals surface area contributed by atoms with Crippen LogP contribution in [0, 0.1) is 0 Å². The Morgan fingerprint density at radius 1 is 1.32 bits per heavy atom. The molecule has 1 N–H and O–H groups in total. The van der Waals surface area contributed by atoms with Crippen LogP contribution in [0.25, 0.3) is 0 Å². The lowest BCUT2D eigenvalue weighted by molar-refractivity contribution is 0.291. The van der Waals surface area contributed by atoms with Gasteiger partial charge in [0.25, 0.3) is 0 Å². The van der Waals surface area contributed by atoms with E-state index in [9.17, 15) is 8.42 Å². The molecule has 1 fully saturated rings. The van der Waals surface area contributed by atoms with Gasteiger partial charge in [-0.15, -0.1) is 4.40 Å². The van der Waals surface area contributed by atoms with Crippen LogP contribution in [0.4, 0.5) is 0 Å². The van der Waals surface area contributed by atoms with Crippen LogP contribution in [-0.2, 0) is 10.2 Å². The molecule has 6 nitrogen and oxygen atoms in total. The summed E-state index contributed by atoms with van der Waals surface area (Å²) in [6, 6.07) is 3.70. The maximum atomic E-state index is 11.9. The van der Waals surface area contributed by atoms with Gasteiger partial charge in [0.2, 0.25) is 0 Å². The molecule has 7 heteroatoms. The molecule has 0 spiro atoms. The zero-order chi connectivity index (χ0) is 13.3. The predicted molar refractivity (Wildman–Crippen MR) is 71.6 cm³/mol. The molecule has 2 aliphatic heterocycles. The van der Waals surface area contributed by atoms with Crippen molar-refractivity contribution in [2.24, 2.45) is 4.40 Å². The standard InChI is InChI=1S/C12H16N4O2S/c17-19(18)14-11-6-2-1-3-8-16(11)12(15-19)10-5-4-7-13-9-10/h4-5,7,9,12,15H,1-3,6,8H2. The second-order valence-electron chi connectivity index (χ2n) is 4.79. The first-order valence-corrected chi connectivity index (χ1v) is 7.87. The summed E-state index contributed by atoms with van der Waals surface area (Å²) >= 11 is 0. The van der Waals surface area contributed by atoms with Crippen molar-refractivity contribution in [3.63, 3.8) is 0 Å². The monoisotopic (exact) mass is 280 g/mol. The first-order valence-electron chi connectivity index (χ1n) is 6.43. The van der Waals surface area contributed by atoms with Gasteiger partial charge < -0.3 is 4.90 Å². The second-order valence-corrected chi connectivity index (χ2v) is 6.16. The van der Waals surface area contributed by atoms with E-state index < -0.39 is 10.2 Å². The molecule has 0 radical (unpaired) electrons. The molecule has 2 aliphatic rings. The van der Waals surface area contributed by atoms with E-state index in [0.29, 0.717) is 5.84 Å². The minimum absolute atomic E-state index is 0.385. The van der Waals surface area contributed by atoms with Crippen molar-refractivity contribution in [3.8, 4) is 0 Å². The predicted octanol–water partition coefficient (Wildman–Crippen LogP) is 1.20. The maximum Gasteiger partial charge on any atom is 0.323 e. The van der Waals surface area contributed by atoms with Gasteiger partial charge in [0.05, 0.1) is 0 Å². The number of fused-ring (bicyclic) bond motifs is 1. The normalized spacial score (nSPS) is 26.2. The van der Waals surface area contributed by atoms with E-state index in [4.69, 9.17) is 0 Å². The molecule has 0 aliphatic carbocycles. The molecule has 1 unspecified atom stereocenters. The molecule has 102 valence electrons. The second kappa shape index (κ2) is 4.90. The number of rotatable bonds is 1. The third-order valence-electron chi connectivity index (χ3n) is 3.43. The maximum absolute atomic E-state index is 11.9. The van der Waals surface area contributed by atoms with Crippen molar-refractivity contribution in [2.45, 2.75) is 31.8 Å². The summed E-state index contributed by atoms with van der Waals surface area (Å²) in [7, 11) is -3.60. The van der Waals surface area contributed by atoms with Crippen molar-refractivity contribution in [1.82, 2.24) is 14.6 Å². The quantitative estimate of drug-likeness (QED) is 0.839. The summed E-state index contributed by atoms with van der Waals surface area (Å²) in [5.74, 6) is 0.671. The van der Waals surface area contributed by atoms with Gasteiger partial charge in [-0.1, -0.05) is 12.5 Å². The Labute approximate surface area is 112 Å². The first kappa shape index (κ1) is 12.6. The van der Waals surface area contributed by atoms with Crippen molar-refractivity contribution < 1.29 is 8.42 Å². The summed E-state index contributed by atoms with van der Waals surface area (Å²) in [5.41, 5.74) is 0.848. The summed E-state index contributed by atoms with van der Waals surface area (Å²) < 4.78 is 30.2. The lowest BCUT2D eigenvalue weighted by Gasteiger charge is -2.36. The van der Waals surface area contributed by atoms with Gasteiger partial charge in [-0.05, 0) is 18.9 Å². The number of hydrogen-bond donors (Lipinski definition) is 1.